The van der Waals surface area contributed by atoms with Crippen molar-refractivity contribution in [2.75, 3.05) is 39.3 Å². The summed E-state index contributed by atoms with van der Waals surface area (Å²) < 4.78 is 59.2. The van der Waals surface area contributed by atoms with Crippen molar-refractivity contribution in [2.45, 2.75) is 4.90 Å². The molecular weight excluding hydrogens is 388 g/mol. The Bertz CT molecular complexity index is 984. The Hall–Kier alpha value is -2.54. The summed E-state index contributed by atoms with van der Waals surface area (Å²) in [4.78, 5) is 1.38. The molecule has 1 aliphatic rings. The first-order valence-electron chi connectivity index (χ1n) is 8.71. The molecule has 1 fully saturated rings. The lowest BCUT2D eigenvalue weighted by Crippen LogP contribution is -2.49. The van der Waals surface area contributed by atoms with Crippen molar-refractivity contribution in [1.29, 1.82) is 5.26 Å². The van der Waals surface area contributed by atoms with E-state index >= 15 is 0 Å². The predicted octanol–water partition coefficient (Wildman–Crippen LogP) is 2.22. The van der Waals surface area contributed by atoms with Gasteiger partial charge in [0.1, 0.15) is 35.0 Å². The second-order valence-corrected chi connectivity index (χ2v) is 8.18. The molecule has 0 spiro atoms. The van der Waals surface area contributed by atoms with Gasteiger partial charge in [0.25, 0.3) is 0 Å². The number of benzene rings is 2. The van der Waals surface area contributed by atoms with Crippen LogP contribution in [0.3, 0.4) is 0 Å². The molecule has 0 saturated carbocycles. The van der Waals surface area contributed by atoms with Gasteiger partial charge in [-0.2, -0.15) is 9.57 Å². The summed E-state index contributed by atoms with van der Waals surface area (Å²) in [6.07, 6.45) is 0. The number of sulfonamides is 1. The number of nitriles is 1. The maximum absolute atomic E-state index is 13.9. The molecule has 148 valence electrons. The molecule has 1 aliphatic heterocycles. The summed E-state index contributed by atoms with van der Waals surface area (Å²) in [5, 5.41) is 9.05. The van der Waals surface area contributed by atoms with Gasteiger partial charge in [-0.3, -0.25) is 4.90 Å². The minimum Gasteiger partial charge on any atom is -0.491 e. The Kier molecular flexibility index (Phi) is 6.24. The van der Waals surface area contributed by atoms with E-state index in [0.717, 1.165) is 16.4 Å². The SMILES string of the molecule is N#Cc1ccccc1OCCN1CCN(S(=O)(=O)c2cc(F)ccc2F)CC1. The average molecular weight is 407 g/mol. The monoisotopic (exact) mass is 407 g/mol. The minimum absolute atomic E-state index is 0.174. The Morgan fingerprint density at radius 3 is 2.50 bits per heavy atom. The van der Waals surface area contributed by atoms with E-state index in [0.29, 0.717) is 43.6 Å². The Balaban J connectivity index is 1.54. The van der Waals surface area contributed by atoms with Crippen molar-refractivity contribution in [1.82, 2.24) is 9.21 Å². The van der Waals surface area contributed by atoms with Crippen LogP contribution < -0.4 is 4.74 Å². The summed E-state index contributed by atoms with van der Waals surface area (Å²) in [6, 6.07) is 11.4. The third kappa shape index (κ3) is 4.47. The summed E-state index contributed by atoms with van der Waals surface area (Å²) >= 11 is 0. The summed E-state index contributed by atoms with van der Waals surface area (Å²) in [5.74, 6) is -1.26. The molecule has 0 atom stereocenters. The summed E-state index contributed by atoms with van der Waals surface area (Å²) in [7, 11) is -4.09. The van der Waals surface area contributed by atoms with Crippen LogP contribution in [0.4, 0.5) is 8.78 Å². The number of ether oxygens (including phenoxy) is 1. The van der Waals surface area contributed by atoms with E-state index in [-0.39, 0.29) is 13.1 Å². The Morgan fingerprint density at radius 2 is 1.79 bits per heavy atom. The van der Waals surface area contributed by atoms with E-state index in [1.165, 1.54) is 0 Å². The van der Waals surface area contributed by atoms with Gasteiger partial charge in [-0.05, 0) is 30.3 Å². The van der Waals surface area contributed by atoms with Crippen molar-refractivity contribution >= 4 is 10.0 Å². The molecular formula is C19H19F2N3O3S. The molecule has 6 nitrogen and oxygen atoms in total. The molecule has 9 heteroatoms. The highest BCUT2D eigenvalue weighted by Gasteiger charge is 2.30. The van der Waals surface area contributed by atoms with Crippen molar-refractivity contribution in [3.05, 3.63) is 59.7 Å². The van der Waals surface area contributed by atoms with Crippen LogP contribution in [0.25, 0.3) is 0 Å². The molecule has 3 rings (SSSR count). The highest BCUT2D eigenvalue weighted by molar-refractivity contribution is 7.89. The highest BCUT2D eigenvalue weighted by atomic mass is 32.2. The zero-order chi connectivity index (χ0) is 20.1. The van der Waals surface area contributed by atoms with Gasteiger partial charge in [0.2, 0.25) is 10.0 Å². The molecule has 0 amide bonds. The van der Waals surface area contributed by atoms with Gasteiger partial charge in [0, 0.05) is 32.7 Å². The fraction of sp³-hybridized carbons (Fsp3) is 0.316. The van der Waals surface area contributed by atoms with Crippen LogP contribution in [0.15, 0.2) is 47.4 Å². The first-order valence-corrected chi connectivity index (χ1v) is 10.2. The van der Waals surface area contributed by atoms with Gasteiger partial charge in [-0.15, -0.1) is 0 Å². The molecule has 0 aromatic heterocycles. The van der Waals surface area contributed by atoms with Crippen LogP contribution >= 0.6 is 0 Å². The van der Waals surface area contributed by atoms with Crippen LogP contribution in [-0.4, -0.2) is 57.0 Å². The molecule has 0 aliphatic carbocycles. The molecule has 2 aromatic rings. The third-order valence-corrected chi connectivity index (χ3v) is 6.43. The molecule has 2 aromatic carbocycles. The second-order valence-electron chi connectivity index (χ2n) is 6.28. The number of rotatable bonds is 6. The fourth-order valence-electron chi connectivity index (χ4n) is 2.98. The van der Waals surface area contributed by atoms with E-state index in [2.05, 4.69) is 6.07 Å². The van der Waals surface area contributed by atoms with Crippen LogP contribution in [0, 0.1) is 23.0 Å². The smallest absolute Gasteiger partial charge is 0.246 e. The molecule has 1 saturated heterocycles. The lowest BCUT2D eigenvalue weighted by atomic mass is 10.2. The maximum atomic E-state index is 13.9. The van der Waals surface area contributed by atoms with Gasteiger partial charge in [0.05, 0.1) is 5.56 Å². The highest BCUT2D eigenvalue weighted by Crippen LogP contribution is 2.22. The number of piperazine rings is 1. The van der Waals surface area contributed by atoms with Crippen LogP contribution in [-0.2, 0) is 10.0 Å². The number of halogens is 2. The topological polar surface area (TPSA) is 73.6 Å². The molecule has 0 unspecified atom stereocenters. The zero-order valence-electron chi connectivity index (χ0n) is 15.0. The molecule has 1 heterocycles. The first-order chi connectivity index (χ1) is 13.4. The number of nitrogens with zero attached hydrogens (tertiary/aromatic N) is 3. The lowest BCUT2D eigenvalue weighted by molar-refractivity contribution is 0.158. The van der Waals surface area contributed by atoms with Gasteiger partial charge in [-0.1, -0.05) is 12.1 Å². The summed E-state index contributed by atoms with van der Waals surface area (Å²) in [6.45, 7) is 2.14. The van der Waals surface area contributed by atoms with E-state index in [1.807, 2.05) is 4.90 Å². The van der Waals surface area contributed by atoms with Crippen molar-refractivity contribution in [3.63, 3.8) is 0 Å². The largest absolute Gasteiger partial charge is 0.491 e. The van der Waals surface area contributed by atoms with Crippen molar-refractivity contribution in [3.8, 4) is 11.8 Å². The quantitative estimate of drug-likeness (QED) is 0.734. The molecule has 0 radical (unpaired) electrons. The number of hydrogen-bond acceptors (Lipinski definition) is 5. The number of para-hydroxylation sites is 1. The molecule has 0 bridgehead atoms. The normalized spacial score (nSPS) is 15.9. The Labute approximate surface area is 162 Å². The average Bonchev–Trinajstić information content (AvgIpc) is 2.70. The molecule has 28 heavy (non-hydrogen) atoms. The second kappa shape index (κ2) is 8.65. The minimum atomic E-state index is -4.09. The van der Waals surface area contributed by atoms with E-state index in [1.54, 1.807) is 24.3 Å². The fourth-order valence-corrected chi connectivity index (χ4v) is 4.48. The zero-order valence-corrected chi connectivity index (χ0v) is 15.8. The van der Waals surface area contributed by atoms with E-state index in [4.69, 9.17) is 10.00 Å². The number of hydrogen-bond donors (Lipinski definition) is 0. The standard InChI is InChI=1S/C19H19F2N3O3S/c20-16-5-6-17(21)19(13-16)28(25,26)24-9-7-23(8-10-24)11-12-27-18-4-2-1-3-15(18)14-22/h1-6,13H,7-12H2. The van der Waals surface area contributed by atoms with Crippen molar-refractivity contribution < 1.29 is 21.9 Å². The van der Waals surface area contributed by atoms with Crippen LogP contribution in [0.5, 0.6) is 5.75 Å². The van der Waals surface area contributed by atoms with Gasteiger partial charge in [-0.25, -0.2) is 17.2 Å². The van der Waals surface area contributed by atoms with Crippen LogP contribution in [0.2, 0.25) is 0 Å². The Morgan fingerprint density at radius 1 is 1.07 bits per heavy atom. The van der Waals surface area contributed by atoms with Crippen LogP contribution in [0.1, 0.15) is 5.56 Å². The van der Waals surface area contributed by atoms with Gasteiger partial charge >= 0.3 is 0 Å². The maximum Gasteiger partial charge on any atom is 0.246 e. The first kappa shape index (κ1) is 20.2. The van der Waals surface area contributed by atoms with Crippen molar-refractivity contribution in [2.24, 2.45) is 0 Å². The van der Waals surface area contributed by atoms with E-state index < -0.39 is 26.6 Å². The van der Waals surface area contributed by atoms with E-state index in [9.17, 15) is 17.2 Å². The summed E-state index contributed by atoms with van der Waals surface area (Å²) in [5.41, 5.74) is 0.454. The molecule has 0 N–H and O–H groups in total. The van der Waals surface area contributed by atoms with Gasteiger partial charge in [0.15, 0.2) is 0 Å². The third-order valence-electron chi connectivity index (χ3n) is 4.51. The predicted molar refractivity (Wildman–Crippen MR) is 98.2 cm³/mol. The van der Waals surface area contributed by atoms with Gasteiger partial charge < -0.3 is 4.74 Å². The lowest BCUT2D eigenvalue weighted by Gasteiger charge is -2.33.